The monoisotopic (exact) mass is 496 g/mol. The van der Waals surface area contributed by atoms with Crippen LogP contribution in [0.3, 0.4) is 0 Å². The van der Waals surface area contributed by atoms with E-state index >= 15 is 4.39 Å². The highest BCUT2D eigenvalue weighted by Crippen LogP contribution is 2.41. The molecule has 4 heterocycles. The molecule has 1 aromatic carbocycles. The van der Waals surface area contributed by atoms with Gasteiger partial charge in [-0.25, -0.2) is 18.7 Å². The highest BCUT2D eigenvalue weighted by atomic mass is 32.2. The quantitative estimate of drug-likeness (QED) is 0.487. The number of rotatable bonds is 5. The maximum atomic E-state index is 15.0. The van der Waals surface area contributed by atoms with Gasteiger partial charge < -0.3 is 15.1 Å². The molecule has 1 N–H and O–H groups in total. The fourth-order valence-electron chi connectivity index (χ4n) is 4.76. The van der Waals surface area contributed by atoms with E-state index in [0.717, 1.165) is 61.5 Å². The Hall–Kier alpha value is -2.78. The predicted molar refractivity (Wildman–Crippen MR) is 138 cm³/mol. The van der Waals surface area contributed by atoms with Crippen molar-refractivity contribution in [2.75, 3.05) is 42.7 Å². The van der Waals surface area contributed by atoms with Gasteiger partial charge >= 0.3 is 0 Å². The van der Waals surface area contributed by atoms with Crippen molar-refractivity contribution < 1.29 is 8.78 Å². The van der Waals surface area contributed by atoms with E-state index in [4.69, 9.17) is 0 Å². The first-order chi connectivity index (χ1) is 16.9. The number of fused-ring (bicyclic) bond motifs is 1. The molecule has 0 atom stereocenters. The van der Waals surface area contributed by atoms with E-state index in [1.54, 1.807) is 6.20 Å². The smallest absolute Gasteiger partial charge is 0.227 e. The fourth-order valence-corrected chi connectivity index (χ4v) is 5.77. The summed E-state index contributed by atoms with van der Waals surface area (Å²) in [6.07, 6.45) is 5.09. The Bertz CT molecular complexity index is 1200. The number of likely N-dealkylation sites (tertiary alicyclic amines) is 1. The number of piperidine rings is 1. The third-order valence-corrected chi connectivity index (χ3v) is 7.81. The average Bonchev–Trinajstić information content (AvgIpc) is 2.86. The molecule has 2 aromatic heterocycles. The molecule has 0 saturated carbocycles. The zero-order chi connectivity index (χ0) is 24.5. The Labute approximate surface area is 209 Å². The number of nitrogens with zero attached hydrogens (tertiary/aromatic N) is 5. The van der Waals surface area contributed by atoms with Gasteiger partial charge in [-0.05, 0) is 71.1 Å². The molecule has 0 amide bonds. The summed E-state index contributed by atoms with van der Waals surface area (Å²) >= 11 is 1.50. The van der Waals surface area contributed by atoms with Crippen molar-refractivity contribution in [3.05, 3.63) is 54.0 Å². The first-order valence-corrected chi connectivity index (χ1v) is 13.0. The van der Waals surface area contributed by atoms with Crippen LogP contribution in [-0.2, 0) is 0 Å². The van der Waals surface area contributed by atoms with Gasteiger partial charge in [-0.15, -0.1) is 11.8 Å². The maximum Gasteiger partial charge on any atom is 0.227 e. The van der Waals surface area contributed by atoms with E-state index in [1.807, 2.05) is 18.2 Å². The van der Waals surface area contributed by atoms with Crippen molar-refractivity contribution in [3.63, 3.8) is 0 Å². The number of aromatic nitrogens is 3. The minimum absolute atomic E-state index is 0.0689. The number of benzene rings is 1. The minimum Gasteiger partial charge on any atom is -0.367 e. The highest BCUT2D eigenvalue weighted by molar-refractivity contribution is 7.99. The van der Waals surface area contributed by atoms with Crippen LogP contribution in [0, 0.1) is 11.6 Å². The molecule has 0 spiro atoms. The van der Waals surface area contributed by atoms with Gasteiger partial charge in [0.25, 0.3) is 0 Å². The van der Waals surface area contributed by atoms with Crippen LogP contribution in [0.4, 0.5) is 26.1 Å². The second kappa shape index (κ2) is 10.1. The van der Waals surface area contributed by atoms with Crippen LogP contribution in [0.5, 0.6) is 0 Å². The lowest BCUT2D eigenvalue weighted by Crippen LogP contribution is -2.35. The number of hydrogen-bond acceptors (Lipinski definition) is 7. The molecule has 6 nitrogen and oxygen atoms in total. The van der Waals surface area contributed by atoms with Gasteiger partial charge in [-0.1, -0.05) is 0 Å². The number of hydrogen-bond donors (Lipinski definition) is 1. The summed E-state index contributed by atoms with van der Waals surface area (Å²) in [4.78, 5) is 18.2. The summed E-state index contributed by atoms with van der Waals surface area (Å²) in [5.74, 6) is 0.585. The van der Waals surface area contributed by atoms with Crippen LogP contribution >= 0.6 is 11.8 Å². The molecule has 2 aliphatic rings. The van der Waals surface area contributed by atoms with Gasteiger partial charge in [-0.3, -0.25) is 4.98 Å². The first-order valence-electron chi connectivity index (χ1n) is 12.1. The van der Waals surface area contributed by atoms with Gasteiger partial charge in [0.1, 0.15) is 11.5 Å². The van der Waals surface area contributed by atoms with Crippen LogP contribution < -0.4 is 10.2 Å². The van der Waals surface area contributed by atoms with Crippen molar-refractivity contribution in [2.45, 2.75) is 43.5 Å². The number of thioether (sulfide) groups is 1. The molecule has 0 bridgehead atoms. The molecule has 5 rings (SSSR count). The molecule has 0 radical (unpaired) electrons. The molecule has 2 aliphatic heterocycles. The summed E-state index contributed by atoms with van der Waals surface area (Å²) in [6, 6.07) is 7.38. The number of halogens is 2. The molecule has 1 fully saturated rings. The van der Waals surface area contributed by atoms with Crippen molar-refractivity contribution in [1.82, 2.24) is 19.9 Å². The molecule has 184 valence electrons. The normalized spacial score (nSPS) is 17.0. The second-order valence-electron chi connectivity index (χ2n) is 9.51. The number of pyridine rings is 1. The Morgan fingerprint density at radius 2 is 1.83 bits per heavy atom. The lowest BCUT2D eigenvalue weighted by molar-refractivity contribution is 0.253. The van der Waals surface area contributed by atoms with Crippen molar-refractivity contribution >= 4 is 29.1 Å². The summed E-state index contributed by atoms with van der Waals surface area (Å²) in [5, 5.41) is 3.11. The van der Waals surface area contributed by atoms with Gasteiger partial charge in [0.15, 0.2) is 5.82 Å². The SMILES string of the molecule is CC(C)N1CCSc2c(F)cc(-c3nc(Nc4ccc(C5CCN(C)CC5)nc4)ncc3F)cc21. The predicted octanol–water partition coefficient (Wildman–Crippen LogP) is 5.69. The van der Waals surface area contributed by atoms with E-state index < -0.39 is 5.82 Å². The molecule has 0 aliphatic carbocycles. The lowest BCUT2D eigenvalue weighted by Gasteiger charge is -2.34. The molecular formula is C26H30F2N6S. The molecule has 35 heavy (non-hydrogen) atoms. The summed E-state index contributed by atoms with van der Waals surface area (Å²) < 4.78 is 29.8. The topological polar surface area (TPSA) is 57.2 Å². The van der Waals surface area contributed by atoms with E-state index in [9.17, 15) is 4.39 Å². The highest BCUT2D eigenvalue weighted by Gasteiger charge is 2.25. The van der Waals surface area contributed by atoms with E-state index in [-0.39, 0.29) is 23.5 Å². The van der Waals surface area contributed by atoms with Crippen molar-refractivity contribution in [2.24, 2.45) is 0 Å². The van der Waals surface area contributed by atoms with Crippen LogP contribution in [-0.4, -0.2) is 58.3 Å². The summed E-state index contributed by atoms with van der Waals surface area (Å²) in [7, 11) is 2.14. The lowest BCUT2D eigenvalue weighted by atomic mass is 9.93. The van der Waals surface area contributed by atoms with Crippen LogP contribution in [0.1, 0.15) is 38.3 Å². The molecule has 1 saturated heterocycles. The fraction of sp³-hybridized carbons (Fsp3) is 0.423. The number of anilines is 3. The van der Waals surface area contributed by atoms with Gasteiger partial charge in [-0.2, -0.15) is 0 Å². The minimum atomic E-state index is -0.592. The van der Waals surface area contributed by atoms with E-state index in [1.165, 1.54) is 17.8 Å². The van der Waals surface area contributed by atoms with Crippen LogP contribution in [0.2, 0.25) is 0 Å². The first kappa shape index (κ1) is 23.9. The standard InChI is InChI=1S/C26H30F2N6S/c1-16(2)34-10-11-35-25-20(27)12-18(13-23(25)34)24-21(28)15-30-26(32-24)31-19-4-5-22(29-14-19)17-6-8-33(3)9-7-17/h4-5,12-17H,6-11H2,1-3H3,(H,30,31,32). The maximum absolute atomic E-state index is 15.0. The van der Waals surface area contributed by atoms with E-state index in [0.29, 0.717) is 16.4 Å². The zero-order valence-electron chi connectivity index (χ0n) is 20.3. The molecule has 3 aromatic rings. The van der Waals surface area contributed by atoms with Crippen LogP contribution in [0.15, 0.2) is 41.6 Å². The van der Waals surface area contributed by atoms with Gasteiger partial charge in [0.2, 0.25) is 5.95 Å². The molecule has 9 heteroatoms. The van der Waals surface area contributed by atoms with E-state index in [2.05, 4.69) is 51.0 Å². The third-order valence-electron chi connectivity index (χ3n) is 6.73. The summed E-state index contributed by atoms with van der Waals surface area (Å²) in [5.41, 5.74) is 3.06. The van der Waals surface area contributed by atoms with Gasteiger partial charge in [0.05, 0.1) is 28.7 Å². The molecule has 0 unspecified atom stereocenters. The third kappa shape index (κ3) is 5.11. The molecular weight excluding hydrogens is 466 g/mol. The Morgan fingerprint density at radius 3 is 2.54 bits per heavy atom. The Morgan fingerprint density at radius 1 is 1.03 bits per heavy atom. The summed E-state index contributed by atoms with van der Waals surface area (Å²) in [6.45, 7) is 7.12. The van der Waals surface area contributed by atoms with Crippen molar-refractivity contribution in [1.29, 1.82) is 0 Å². The van der Waals surface area contributed by atoms with Crippen molar-refractivity contribution in [3.8, 4) is 11.3 Å². The Balaban J connectivity index is 1.39. The zero-order valence-corrected chi connectivity index (χ0v) is 21.1. The Kier molecular flexibility index (Phi) is 6.88. The number of nitrogens with one attached hydrogen (secondary N) is 1. The van der Waals surface area contributed by atoms with Gasteiger partial charge in [0, 0.05) is 35.5 Å². The second-order valence-corrected chi connectivity index (χ2v) is 10.6. The average molecular weight is 497 g/mol. The largest absolute Gasteiger partial charge is 0.367 e. The van der Waals surface area contributed by atoms with Crippen LogP contribution in [0.25, 0.3) is 11.3 Å².